The van der Waals surface area contributed by atoms with Crippen LogP contribution in [0.3, 0.4) is 0 Å². The van der Waals surface area contributed by atoms with E-state index in [0.29, 0.717) is 24.5 Å². The van der Waals surface area contributed by atoms with E-state index < -0.39 is 29.6 Å². The highest BCUT2D eigenvalue weighted by molar-refractivity contribution is 5.99. The van der Waals surface area contributed by atoms with E-state index >= 15 is 0 Å². The number of hydrogen-bond acceptors (Lipinski definition) is 6. The summed E-state index contributed by atoms with van der Waals surface area (Å²) >= 11 is 0. The molecule has 2 aromatic carbocycles. The van der Waals surface area contributed by atoms with Crippen LogP contribution in [0.15, 0.2) is 77.1 Å². The van der Waals surface area contributed by atoms with Gasteiger partial charge in [-0.3, -0.25) is 4.90 Å². The number of allylic oxidation sites excluding steroid dienone is 2. The summed E-state index contributed by atoms with van der Waals surface area (Å²) in [7, 11) is 3.07. The molecule has 6 nitrogen and oxygen atoms in total. The van der Waals surface area contributed by atoms with Gasteiger partial charge in [0.25, 0.3) is 0 Å². The number of carbonyl (C=O) groups excluding carboxylic acids is 2. The van der Waals surface area contributed by atoms with E-state index in [-0.39, 0.29) is 35.7 Å². The van der Waals surface area contributed by atoms with Crippen LogP contribution in [0.1, 0.15) is 36.5 Å². The summed E-state index contributed by atoms with van der Waals surface area (Å²) in [6, 6.07) is 14.4. The highest BCUT2D eigenvalue weighted by Crippen LogP contribution is 2.41. The second kappa shape index (κ2) is 12.8. The normalized spacial score (nSPS) is 15.7. The number of hydrogen-bond donors (Lipinski definition) is 1. The molecule has 2 aromatic rings. The van der Waals surface area contributed by atoms with Gasteiger partial charge >= 0.3 is 18.1 Å². The van der Waals surface area contributed by atoms with Crippen molar-refractivity contribution in [3.63, 3.8) is 0 Å². The Balaban J connectivity index is 0.00000481. The topological polar surface area (TPSA) is 67.9 Å². The summed E-state index contributed by atoms with van der Waals surface area (Å²) in [5.41, 5.74) is 1.26. The van der Waals surface area contributed by atoms with Gasteiger partial charge in [0, 0.05) is 24.5 Å². The van der Waals surface area contributed by atoms with Gasteiger partial charge < -0.3 is 14.8 Å². The lowest BCUT2D eigenvalue weighted by Crippen LogP contribution is -2.33. The van der Waals surface area contributed by atoms with Crippen LogP contribution in [0.2, 0.25) is 0 Å². The van der Waals surface area contributed by atoms with Crippen molar-refractivity contribution >= 4 is 24.3 Å². The summed E-state index contributed by atoms with van der Waals surface area (Å²) in [5, 5.41) is 2.98. The minimum Gasteiger partial charge on any atom is -0.466 e. The van der Waals surface area contributed by atoms with Gasteiger partial charge in [-0.1, -0.05) is 48.5 Å². The average Bonchev–Trinajstić information content (AvgIpc) is 2.83. The second-order valence-corrected chi connectivity index (χ2v) is 8.61. The third-order valence-electron chi connectivity index (χ3n) is 5.93. The van der Waals surface area contributed by atoms with Crippen molar-refractivity contribution < 1.29 is 32.2 Å². The van der Waals surface area contributed by atoms with Crippen LogP contribution in [-0.2, 0) is 31.8 Å². The van der Waals surface area contributed by atoms with E-state index in [0.717, 1.165) is 17.7 Å². The monoisotopic (exact) mass is 538 g/mol. The maximum absolute atomic E-state index is 13.4. The number of carbonyl (C=O) groups is 2. The first-order valence-corrected chi connectivity index (χ1v) is 11.4. The highest BCUT2D eigenvalue weighted by Gasteiger charge is 2.39. The minimum atomic E-state index is -4.59. The Morgan fingerprint density at radius 3 is 2.19 bits per heavy atom. The number of ether oxygens (including phenoxy) is 2. The average molecular weight is 539 g/mol. The molecule has 0 spiro atoms. The number of esters is 2. The smallest absolute Gasteiger partial charge is 0.416 e. The molecule has 0 fully saturated rings. The fourth-order valence-corrected chi connectivity index (χ4v) is 4.22. The molecule has 0 saturated heterocycles. The lowest BCUT2D eigenvalue weighted by molar-refractivity contribution is -0.140. The predicted octanol–water partition coefficient (Wildman–Crippen LogP) is 5.21. The third-order valence-corrected chi connectivity index (χ3v) is 5.93. The van der Waals surface area contributed by atoms with Crippen molar-refractivity contribution in [1.82, 2.24) is 10.2 Å². The molecule has 37 heavy (non-hydrogen) atoms. The predicted molar refractivity (Wildman–Crippen MR) is 136 cm³/mol. The molecule has 1 N–H and O–H groups in total. The van der Waals surface area contributed by atoms with Crippen molar-refractivity contribution in [3.05, 3.63) is 93.8 Å². The molecule has 1 aliphatic rings. The summed E-state index contributed by atoms with van der Waals surface area (Å²) < 4.78 is 50.8. The quantitative estimate of drug-likeness (QED) is 0.465. The van der Waals surface area contributed by atoms with Crippen molar-refractivity contribution in [1.29, 1.82) is 0 Å². The van der Waals surface area contributed by atoms with Crippen LogP contribution in [0, 0.1) is 0 Å². The fraction of sp³-hybridized carbons (Fsp3) is 0.333. The van der Waals surface area contributed by atoms with E-state index in [1.807, 2.05) is 42.3 Å². The maximum Gasteiger partial charge on any atom is 0.416 e. The lowest BCUT2D eigenvalue weighted by Gasteiger charge is -2.30. The van der Waals surface area contributed by atoms with E-state index in [1.165, 1.54) is 19.2 Å². The molecule has 1 aliphatic heterocycles. The first-order chi connectivity index (χ1) is 17.0. The number of rotatable bonds is 8. The molecule has 0 radical (unpaired) electrons. The van der Waals surface area contributed by atoms with Crippen molar-refractivity contribution in [2.45, 2.75) is 32.5 Å². The summed E-state index contributed by atoms with van der Waals surface area (Å²) in [4.78, 5) is 27.9. The van der Waals surface area contributed by atoms with Gasteiger partial charge in [-0.15, -0.1) is 12.4 Å². The molecule has 200 valence electrons. The zero-order chi connectivity index (χ0) is 26.5. The number of nitrogens with zero attached hydrogens (tertiary/aromatic N) is 1. The molecule has 0 aliphatic carbocycles. The molecule has 0 amide bonds. The summed E-state index contributed by atoms with van der Waals surface area (Å²) in [6.07, 6.45) is -4.59. The first-order valence-electron chi connectivity index (χ1n) is 11.4. The summed E-state index contributed by atoms with van der Waals surface area (Å²) in [5.74, 6) is -2.55. The molecule has 1 atom stereocenters. The Kier molecular flexibility index (Phi) is 10.3. The Labute approximate surface area is 220 Å². The second-order valence-electron chi connectivity index (χ2n) is 8.61. The maximum atomic E-state index is 13.4. The Morgan fingerprint density at radius 1 is 0.973 bits per heavy atom. The molecule has 1 heterocycles. The van der Waals surface area contributed by atoms with Crippen LogP contribution in [0.25, 0.3) is 0 Å². The van der Waals surface area contributed by atoms with Gasteiger partial charge in [0.2, 0.25) is 0 Å². The number of dihydropyridines is 1. The van der Waals surface area contributed by atoms with Crippen LogP contribution >= 0.6 is 12.4 Å². The van der Waals surface area contributed by atoms with Crippen LogP contribution in [0.5, 0.6) is 0 Å². The Hall–Kier alpha value is -3.30. The number of nitrogens with one attached hydrogen (secondary N) is 1. The van der Waals surface area contributed by atoms with Gasteiger partial charge in [-0.2, -0.15) is 13.2 Å². The molecule has 0 saturated carbocycles. The van der Waals surface area contributed by atoms with E-state index in [9.17, 15) is 22.8 Å². The molecule has 10 heteroatoms. The van der Waals surface area contributed by atoms with Crippen molar-refractivity contribution in [2.24, 2.45) is 0 Å². The van der Waals surface area contributed by atoms with Crippen LogP contribution in [0.4, 0.5) is 13.2 Å². The Bertz CT molecular complexity index is 1180. The van der Waals surface area contributed by atoms with Crippen LogP contribution < -0.4 is 5.32 Å². The molecular weight excluding hydrogens is 509 g/mol. The molecule has 0 bridgehead atoms. The number of halogens is 4. The van der Waals surface area contributed by atoms with Crippen molar-refractivity contribution in [2.75, 3.05) is 27.3 Å². The molecule has 0 aromatic heterocycles. The van der Waals surface area contributed by atoms with Gasteiger partial charge in [0.1, 0.15) is 6.61 Å². The van der Waals surface area contributed by atoms with Gasteiger partial charge in [-0.05, 0) is 38.1 Å². The SMILES string of the molecule is COC(=O)C1=C(C)NC(C)=C(C(=O)OCCN(C)Cc2ccccc2)C1c1cccc(C(F)(F)F)c1.Cl. The standard InChI is InChI=1S/C27H29F3N2O4.ClH/c1-17-22(25(33)35-4)24(20-11-8-12-21(15-20)27(28,29)30)23(18(2)31-17)26(34)36-14-13-32(3)16-19-9-6-5-7-10-19;/h5-12,15,24,31H,13-14,16H2,1-4H3;1H. The molecule has 1 unspecified atom stereocenters. The highest BCUT2D eigenvalue weighted by atomic mass is 35.5. The largest absolute Gasteiger partial charge is 0.466 e. The molecular formula is C27H30ClF3N2O4. The fourth-order valence-electron chi connectivity index (χ4n) is 4.22. The van der Waals surface area contributed by atoms with Crippen LogP contribution in [-0.4, -0.2) is 44.1 Å². The number of alkyl halides is 3. The molecule has 3 rings (SSSR count). The zero-order valence-electron chi connectivity index (χ0n) is 21.0. The van der Waals surface area contributed by atoms with E-state index in [2.05, 4.69) is 5.32 Å². The van der Waals surface area contributed by atoms with Gasteiger partial charge in [0.15, 0.2) is 0 Å². The van der Waals surface area contributed by atoms with Gasteiger partial charge in [0.05, 0.1) is 29.7 Å². The number of benzene rings is 2. The lowest BCUT2D eigenvalue weighted by atomic mass is 9.80. The van der Waals surface area contributed by atoms with Gasteiger partial charge in [-0.25, -0.2) is 9.59 Å². The minimum absolute atomic E-state index is 0. The Morgan fingerprint density at radius 2 is 1.59 bits per heavy atom. The first kappa shape index (κ1) is 29.9. The number of likely N-dealkylation sites (N-methyl/N-ethyl adjacent to an activating group) is 1. The number of methoxy groups -OCH3 is 1. The summed E-state index contributed by atoms with van der Waals surface area (Å²) in [6.45, 7) is 4.38. The van der Waals surface area contributed by atoms with E-state index in [1.54, 1.807) is 13.8 Å². The van der Waals surface area contributed by atoms with Crippen molar-refractivity contribution in [3.8, 4) is 0 Å². The third kappa shape index (κ3) is 7.36. The van der Waals surface area contributed by atoms with E-state index in [4.69, 9.17) is 9.47 Å². The zero-order valence-corrected chi connectivity index (χ0v) is 21.8.